The molecule has 1 aliphatic rings. The van der Waals surface area contributed by atoms with Crippen molar-refractivity contribution in [3.8, 4) is 17.2 Å². The molecule has 0 spiro atoms. The number of hydrogen-bond donors (Lipinski definition) is 1. The van der Waals surface area contributed by atoms with Crippen molar-refractivity contribution in [2.75, 3.05) is 0 Å². The number of carbonyl (C=O) groups excluding carboxylic acids is 1. The fourth-order valence-corrected chi connectivity index (χ4v) is 2.06. The van der Waals surface area contributed by atoms with Gasteiger partial charge in [-0.05, 0) is 31.2 Å². The van der Waals surface area contributed by atoms with Crippen molar-refractivity contribution in [2.45, 2.75) is 19.1 Å². The minimum Gasteiger partial charge on any atom is -0.482 e. The van der Waals surface area contributed by atoms with Gasteiger partial charge in [-0.25, -0.2) is 0 Å². The van der Waals surface area contributed by atoms with Crippen LogP contribution in [0, 0.1) is 0 Å². The van der Waals surface area contributed by atoms with Crippen molar-refractivity contribution in [2.24, 2.45) is 0 Å². The molecule has 0 saturated carbocycles. The molecule has 5 nitrogen and oxygen atoms in total. The summed E-state index contributed by atoms with van der Waals surface area (Å²) in [7, 11) is 0. The molecule has 1 N–H and O–H groups in total. The summed E-state index contributed by atoms with van der Waals surface area (Å²) in [6.07, 6.45) is -1.16. The summed E-state index contributed by atoms with van der Waals surface area (Å²) in [5.41, 5.74) is 2.39. The van der Waals surface area contributed by atoms with Crippen LogP contribution in [0.2, 0.25) is 0 Å². The average molecular weight is 285 g/mol. The van der Waals surface area contributed by atoms with Crippen LogP contribution >= 0.6 is 0 Å². The summed E-state index contributed by atoms with van der Waals surface area (Å²) in [5, 5.41) is 0. The third kappa shape index (κ3) is 2.91. The van der Waals surface area contributed by atoms with Gasteiger partial charge in [0.15, 0.2) is 17.2 Å². The zero-order valence-electron chi connectivity index (χ0n) is 11.5. The van der Waals surface area contributed by atoms with Crippen LogP contribution in [0.25, 0.3) is 0 Å². The molecule has 0 radical (unpaired) electrons. The summed E-state index contributed by atoms with van der Waals surface area (Å²) in [6.45, 7) is 1.78. The predicted molar refractivity (Wildman–Crippen MR) is 76.2 cm³/mol. The van der Waals surface area contributed by atoms with E-state index in [0.717, 1.165) is 0 Å². The van der Waals surface area contributed by atoms with E-state index < -0.39 is 12.2 Å². The lowest BCUT2D eigenvalue weighted by atomic mass is 10.1. The zero-order chi connectivity index (χ0) is 14.7. The lowest BCUT2D eigenvalue weighted by Crippen LogP contribution is -2.49. The van der Waals surface area contributed by atoms with Crippen LogP contribution < -0.4 is 19.8 Å². The zero-order valence-corrected chi connectivity index (χ0v) is 11.5. The first-order chi connectivity index (χ1) is 10.2. The van der Waals surface area contributed by atoms with E-state index in [1.54, 1.807) is 31.2 Å². The largest absolute Gasteiger partial charge is 0.482 e. The molecule has 0 saturated heterocycles. The average Bonchev–Trinajstić information content (AvgIpc) is 2.53. The minimum absolute atomic E-state index is 0.388. The van der Waals surface area contributed by atoms with Crippen molar-refractivity contribution in [3.63, 3.8) is 0 Å². The summed E-state index contributed by atoms with van der Waals surface area (Å²) in [5.74, 6) is 1.35. The molecule has 2 unspecified atom stereocenters. The predicted octanol–water partition coefficient (Wildman–Crippen LogP) is 2.33. The number of hydrogen-bond acceptors (Lipinski definition) is 4. The molecule has 0 bridgehead atoms. The van der Waals surface area contributed by atoms with Crippen molar-refractivity contribution < 1.29 is 19.1 Å². The fourth-order valence-electron chi connectivity index (χ4n) is 2.06. The summed E-state index contributed by atoms with van der Waals surface area (Å²) < 4.78 is 11.4. The minimum atomic E-state index is -0.761. The Morgan fingerprint density at radius 2 is 1.62 bits per heavy atom. The lowest BCUT2D eigenvalue weighted by molar-refractivity contribution is -0.140. The first-order valence-corrected chi connectivity index (χ1v) is 6.68. The molecule has 0 aliphatic carbocycles. The molecule has 2 atom stereocenters. The van der Waals surface area contributed by atoms with E-state index in [0.29, 0.717) is 17.2 Å². The van der Waals surface area contributed by atoms with E-state index in [1.165, 1.54) is 0 Å². The Hall–Kier alpha value is -2.69. The lowest BCUT2D eigenvalue weighted by Gasteiger charge is -2.30. The molecule has 2 aromatic rings. The highest BCUT2D eigenvalue weighted by atomic mass is 16.7. The first kappa shape index (κ1) is 13.3. The van der Waals surface area contributed by atoms with E-state index in [1.807, 2.05) is 30.3 Å². The van der Waals surface area contributed by atoms with Gasteiger partial charge in [-0.1, -0.05) is 30.3 Å². The molecule has 1 amide bonds. The van der Waals surface area contributed by atoms with Crippen LogP contribution in [0.4, 0.5) is 0 Å². The molecular formula is C16H15NO4. The van der Waals surface area contributed by atoms with E-state index in [9.17, 15) is 4.79 Å². The molecule has 5 heteroatoms. The molecular weight excluding hydrogens is 270 g/mol. The van der Waals surface area contributed by atoms with Gasteiger partial charge in [0.1, 0.15) is 6.10 Å². The van der Waals surface area contributed by atoms with Gasteiger partial charge in [0.25, 0.3) is 5.91 Å². The number of amides is 1. The molecule has 21 heavy (non-hydrogen) atoms. The van der Waals surface area contributed by atoms with Crippen LogP contribution in [0.15, 0.2) is 54.6 Å². The fraction of sp³-hybridized carbons (Fsp3) is 0.188. The normalized spacial score (nSPS) is 19.7. The molecule has 3 rings (SSSR count). The number of para-hydroxylation sites is 3. The van der Waals surface area contributed by atoms with E-state index in [4.69, 9.17) is 14.3 Å². The highest BCUT2D eigenvalue weighted by molar-refractivity contribution is 5.81. The second-order valence-electron chi connectivity index (χ2n) is 4.69. The summed E-state index contributed by atoms with van der Waals surface area (Å²) in [4.78, 5) is 17.4. The van der Waals surface area contributed by atoms with Crippen LogP contribution in [-0.2, 0) is 4.79 Å². The highest BCUT2D eigenvalue weighted by Gasteiger charge is 2.34. The first-order valence-electron chi connectivity index (χ1n) is 6.68. The van der Waals surface area contributed by atoms with Gasteiger partial charge in [0, 0.05) is 0 Å². The second kappa shape index (κ2) is 5.75. The van der Waals surface area contributed by atoms with Crippen LogP contribution in [0.3, 0.4) is 0 Å². The number of rotatable bonds is 3. The maximum atomic E-state index is 12.2. The maximum absolute atomic E-state index is 12.2. The number of hydroxylamine groups is 1. The van der Waals surface area contributed by atoms with E-state index >= 15 is 0 Å². The smallest absolute Gasteiger partial charge is 0.297 e. The topological polar surface area (TPSA) is 56.8 Å². The molecule has 0 fully saturated rings. The molecule has 2 aromatic carbocycles. The second-order valence-corrected chi connectivity index (χ2v) is 4.69. The molecule has 0 aromatic heterocycles. The van der Waals surface area contributed by atoms with Gasteiger partial charge in [0.05, 0.1) is 0 Å². The Balaban J connectivity index is 1.65. The van der Waals surface area contributed by atoms with E-state index in [2.05, 4.69) is 5.48 Å². The van der Waals surface area contributed by atoms with Gasteiger partial charge in [-0.3, -0.25) is 4.79 Å². The Bertz CT molecular complexity index is 629. The number of carbonyl (C=O) groups is 1. The van der Waals surface area contributed by atoms with Gasteiger partial charge >= 0.3 is 0 Å². The van der Waals surface area contributed by atoms with Crippen molar-refractivity contribution in [3.05, 3.63) is 54.6 Å². The maximum Gasteiger partial charge on any atom is 0.297 e. The quantitative estimate of drug-likeness (QED) is 0.879. The highest BCUT2D eigenvalue weighted by Crippen LogP contribution is 2.33. The van der Waals surface area contributed by atoms with Crippen LogP contribution in [0.1, 0.15) is 6.92 Å². The molecule has 1 heterocycles. The van der Waals surface area contributed by atoms with E-state index in [-0.39, 0.29) is 5.91 Å². The van der Waals surface area contributed by atoms with Gasteiger partial charge in [-0.2, -0.15) is 5.48 Å². The monoisotopic (exact) mass is 285 g/mol. The SMILES string of the molecule is CC1Oc2ccccc2OC1C(=O)NOc1ccccc1. The Kier molecular flexibility index (Phi) is 3.64. The number of nitrogens with one attached hydrogen (secondary N) is 1. The Morgan fingerprint density at radius 1 is 1.00 bits per heavy atom. The van der Waals surface area contributed by atoms with Crippen molar-refractivity contribution in [1.82, 2.24) is 5.48 Å². The Morgan fingerprint density at radius 3 is 2.33 bits per heavy atom. The van der Waals surface area contributed by atoms with Crippen molar-refractivity contribution in [1.29, 1.82) is 0 Å². The molecule has 108 valence electrons. The molecule has 1 aliphatic heterocycles. The third-order valence-electron chi connectivity index (χ3n) is 3.11. The van der Waals surface area contributed by atoms with Crippen LogP contribution in [-0.4, -0.2) is 18.1 Å². The summed E-state index contributed by atoms with van der Waals surface area (Å²) >= 11 is 0. The number of ether oxygens (including phenoxy) is 2. The number of benzene rings is 2. The number of fused-ring (bicyclic) bond motifs is 1. The standard InChI is InChI=1S/C16H15NO4/c1-11-15(20-14-10-6-5-9-13(14)19-11)16(18)17-21-12-7-3-2-4-8-12/h2-11,15H,1H3,(H,17,18). The van der Waals surface area contributed by atoms with Crippen LogP contribution in [0.5, 0.6) is 17.2 Å². The third-order valence-corrected chi connectivity index (χ3v) is 3.11. The van der Waals surface area contributed by atoms with Gasteiger partial charge in [0.2, 0.25) is 6.10 Å². The van der Waals surface area contributed by atoms with Gasteiger partial charge in [-0.15, -0.1) is 0 Å². The van der Waals surface area contributed by atoms with Gasteiger partial charge < -0.3 is 14.3 Å². The van der Waals surface area contributed by atoms with Crippen molar-refractivity contribution >= 4 is 5.91 Å². The Labute approximate surface area is 122 Å². The summed E-state index contributed by atoms with van der Waals surface area (Å²) in [6, 6.07) is 16.3.